The molecule has 1 aliphatic rings. The number of hydrogen-bond donors (Lipinski definition) is 2. The third-order valence-corrected chi connectivity index (χ3v) is 3.98. The van der Waals surface area contributed by atoms with Crippen LogP contribution in [0.1, 0.15) is 24.1 Å². The van der Waals surface area contributed by atoms with E-state index in [4.69, 9.17) is 0 Å². The van der Waals surface area contributed by atoms with E-state index in [0.29, 0.717) is 25.9 Å². The van der Waals surface area contributed by atoms with Gasteiger partial charge in [0.2, 0.25) is 11.8 Å². The molecule has 1 aliphatic carbocycles. The fraction of sp³-hybridized carbons (Fsp3) is 0.294. The first kappa shape index (κ1) is 15.1. The normalized spacial score (nSPS) is 14.8. The molecule has 0 bridgehead atoms. The van der Waals surface area contributed by atoms with Crippen LogP contribution in [-0.2, 0) is 22.7 Å². The predicted molar refractivity (Wildman–Crippen MR) is 83.8 cm³/mol. The Balaban J connectivity index is 1.53. The first-order chi connectivity index (χ1) is 11.2. The molecule has 0 atom stereocenters. The fourth-order valence-electron chi connectivity index (χ4n) is 2.38. The van der Waals surface area contributed by atoms with Gasteiger partial charge in [0.1, 0.15) is 5.41 Å². The molecule has 3 rings (SSSR count). The minimum atomic E-state index is -0.915. The molecule has 2 amide bonds. The van der Waals surface area contributed by atoms with Crippen LogP contribution >= 0.6 is 0 Å². The lowest BCUT2D eigenvalue weighted by Crippen LogP contribution is -2.42. The summed E-state index contributed by atoms with van der Waals surface area (Å²) in [4.78, 5) is 32.8. The highest BCUT2D eigenvalue weighted by Gasteiger charge is 2.56. The summed E-state index contributed by atoms with van der Waals surface area (Å²) >= 11 is 0. The molecule has 0 spiro atoms. The van der Waals surface area contributed by atoms with Crippen molar-refractivity contribution in [3.05, 3.63) is 60.2 Å². The van der Waals surface area contributed by atoms with Crippen LogP contribution in [-0.4, -0.2) is 21.8 Å². The van der Waals surface area contributed by atoms with Crippen LogP contribution < -0.4 is 10.6 Å². The highest BCUT2D eigenvalue weighted by molar-refractivity contribution is 6.07. The summed E-state index contributed by atoms with van der Waals surface area (Å²) < 4.78 is 0. The zero-order chi connectivity index (χ0) is 16.1. The van der Waals surface area contributed by atoms with Crippen molar-refractivity contribution in [2.45, 2.75) is 25.9 Å². The van der Waals surface area contributed by atoms with E-state index in [9.17, 15) is 9.59 Å². The van der Waals surface area contributed by atoms with Gasteiger partial charge >= 0.3 is 0 Å². The maximum atomic E-state index is 12.4. The van der Waals surface area contributed by atoms with Gasteiger partial charge in [0, 0.05) is 25.1 Å². The third-order valence-electron chi connectivity index (χ3n) is 3.98. The van der Waals surface area contributed by atoms with Crippen molar-refractivity contribution in [1.82, 2.24) is 20.6 Å². The van der Waals surface area contributed by atoms with E-state index in [-0.39, 0.29) is 11.8 Å². The van der Waals surface area contributed by atoms with Gasteiger partial charge in [-0.2, -0.15) is 0 Å². The summed E-state index contributed by atoms with van der Waals surface area (Å²) in [7, 11) is 0. The van der Waals surface area contributed by atoms with E-state index in [1.165, 1.54) is 0 Å². The standard InChI is InChI=1S/C17H18N4O2/c22-15(20-11-13-4-9-18-10-5-13)17(6-7-17)16(23)21-12-14-3-1-2-8-19-14/h1-5,8-10H,6-7,11-12H2,(H,20,22)(H,21,23). The second-order valence-corrected chi connectivity index (χ2v) is 5.62. The Morgan fingerprint density at radius 3 is 2.26 bits per heavy atom. The van der Waals surface area contributed by atoms with Crippen LogP contribution in [0.5, 0.6) is 0 Å². The molecule has 118 valence electrons. The second-order valence-electron chi connectivity index (χ2n) is 5.62. The van der Waals surface area contributed by atoms with E-state index in [2.05, 4.69) is 20.6 Å². The molecule has 6 heteroatoms. The summed E-state index contributed by atoms with van der Waals surface area (Å²) in [5, 5.41) is 5.65. The molecule has 2 aromatic heterocycles. The molecule has 1 fully saturated rings. The van der Waals surface area contributed by atoms with E-state index < -0.39 is 5.41 Å². The average molecular weight is 310 g/mol. The molecule has 6 nitrogen and oxygen atoms in total. The summed E-state index contributed by atoms with van der Waals surface area (Å²) in [6.45, 7) is 0.732. The van der Waals surface area contributed by atoms with Crippen LogP contribution in [0.25, 0.3) is 0 Å². The summed E-state index contributed by atoms with van der Waals surface area (Å²) in [5.74, 6) is -0.441. The van der Waals surface area contributed by atoms with Gasteiger partial charge in [0.25, 0.3) is 0 Å². The molecule has 2 aromatic rings. The van der Waals surface area contributed by atoms with Crippen LogP contribution in [0.15, 0.2) is 48.9 Å². The first-order valence-corrected chi connectivity index (χ1v) is 7.56. The Kier molecular flexibility index (Phi) is 4.32. The number of pyridine rings is 2. The number of nitrogens with zero attached hydrogens (tertiary/aromatic N) is 2. The Hall–Kier alpha value is -2.76. The monoisotopic (exact) mass is 310 g/mol. The highest BCUT2D eigenvalue weighted by atomic mass is 16.2. The van der Waals surface area contributed by atoms with Gasteiger partial charge in [-0.1, -0.05) is 6.07 Å². The molecule has 0 saturated heterocycles. The molecule has 23 heavy (non-hydrogen) atoms. The van der Waals surface area contributed by atoms with E-state index >= 15 is 0 Å². The van der Waals surface area contributed by atoms with Crippen molar-refractivity contribution >= 4 is 11.8 Å². The average Bonchev–Trinajstić information content (AvgIpc) is 3.41. The zero-order valence-corrected chi connectivity index (χ0v) is 12.7. The Morgan fingerprint density at radius 1 is 0.957 bits per heavy atom. The maximum absolute atomic E-state index is 12.4. The third kappa shape index (κ3) is 3.53. The topological polar surface area (TPSA) is 84.0 Å². The van der Waals surface area contributed by atoms with Crippen molar-refractivity contribution in [3.8, 4) is 0 Å². The molecule has 0 aliphatic heterocycles. The smallest absolute Gasteiger partial charge is 0.236 e. The second kappa shape index (κ2) is 6.56. The first-order valence-electron chi connectivity index (χ1n) is 7.56. The van der Waals surface area contributed by atoms with Crippen molar-refractivity contribution < 1.29 is 9.59 Å². The number of aromatic nitrogens is 2. The number of carbonyl (C=O) groups excluding carboxylic acids is 2. The minimum absolute atomic E-state index is 0.215. The Morgan fingerprint density at radius 2 is 1.65 bits per heavy atom. The van der Waals surface area contributed by atoms with Gasteiger partial charge in [0.05, 0.1) is 12.2 Å². The lowest BCUT2D eigenvalue weighted by atomic mass is 10.0. The van der Waals surface area contributed by atoms with Gasteiger partial charge in [0.15, 0.2) is 0 Å². The van der Waals surface area contributed by atoms with Crippen LogP contribution in [0.2, 0.25) is 0 Å². The van der Waals surface area contributed by atoms with Crippen molar-refractivity contribution in [2.24, 2.45) is 5.41 Å². The van der Waals surface area contributed by atoms with E-state index in [1.54, 1.807) is 18.6 Å². The molecule has 0 aromatic carbocycles. The molecule has 0 unspecified atom stereocenters. The summed E-state index contributed by atoms with van der Waals surface area (Å²) in [5.41, 5.74) is 0.814. The number of hydrogen-bond acceptors (Lipinski definition) is 4. The lowest BCUT2D eigenvalue weighted by molar-refractivity contribution is -0.137. The number of rotatable bonds is 6. The van der Waals surface area contributed by atoms with E-state index in [1.807, 2.05) is 30.3 Å². The highest BCUT2D eigenvalue weighted by Crippen LogP contribution is 2.46. The van der Waals surface area contributed by atoms with Gasteiger partial charge in [-0.25, -0.2) is 0 Å². The van der Waals surface area contributed by atoms with Gasteiger partial charge in [-0.3, -0.25) is 19.6 Å². The van der Waals surface area contributed by atoms with Gasteiger partial charge < -0.3 is 10.6 Å². The van der Waals surface area contributed by atoms with Crippen molar-refractivity contribution in [2.75, 3.05) is 0 Å². The van der Waals surface area contributed by atoms with Crippen molar-refractivity contribution in [1.29, 1.82) is 0 Å². The van der Waals surface area contributed by atoms with Gasteiger partial charge in [-0.05, 0) is 42.7 Å². The van der Waals surface area contributed by atoms with Gasteiger partial charge in [-0.15, -0.1) is 0 Å². The van der Waals surface area contributed by atoms with E-state index in [0.717, 1.165) is 11.3 Å². The molecule has 2 N–H and O–H groups in total. The Bertz CT molecular complexity index is 627. The predicted octanol–water partition coefficient (Wildman–Crippen LogP) is 1.19. The number of nitrogens with one attached hydrogen (secondary N) is 2. The Labute approximate surface area is 134 Å². The molecule has 2 heterocycles. The quantitative estimate of drug-likeness (QED) is 0.785. The number of carbonyl (C=O) groups is 2. The zero-order valence-electron chi connectivity index (χ0n) is 12.7. The minimum Gasteiger partial charge on any atom is -0.351 e. The van der Waals surface area contributed by atoms with Crippen LogP contribution in [0.3, 0.4) is 0 Å². The molecular weight excluding hydrogens is 292 g/mol. The fourth-order valence-corrected chi connectivity index (χ4v) is 2.38. The molecular formula is C17H18N4O2. The molecule has 0 radical (unpaired) electrons. The summed E-state index contributed by atoms with van der Waals surface area (Å²) in [6.07, 6.45) is 6.20. The SMILES string of the molecule is O=C(NCc1ccncc1)C1(C(=O)NCc2ccccn2)CC1. The van der Waals surface area contributed by atoms with Crippen LogP contribution in [0.4, 0.5) is 0 Å². The van der Waals surface area contributed by atoms with Crippen LogP contribution in [0, 0.1) is 5.41 Å². The lowest BCUT2D eigenvalue weighted by Gasteiger charge is -2.15. The number of amides is 2. The summed E-state index contributed by atoms with van der Waals surface area (Å²) in [6, 6.07) is 9.19. The van der Waals surface area contributed by atoms with Crippen molar-refractivity contribution in [3.63, 3.8) is 0 Å². The maximum Gasteiger partial charge on any atom is 0.236 e. The molecule has 1 saturated carbocycles. The largest absolute Gasteiger partial charge is 0.351 e.